The Bertz CT molecular complexity index is 1050. The van der Waals surface area contributed by atoms with Crippen molar-refractivity contribution in [1.29, 1.82) is 0 Å². The Labute approximate surface area is 210 Å². The number of para-hydroxylation sites is 1. The Morgan fingerprint density at radius 2 is 1.35 bits per heavy atom. The van der Waals surface area contributed by atoms with Crippen LogP contribution in [0.25, 0.3) is 0 Å². The van der Waals surface area contributed by atoms with Gasteiger partial charge in [-0.15, -0.1) is 12.2 Å². The summed E-state index contributed by atoms with van der Waals surface area (Å²) in [7, 11) is 2.04. The highest BCUT2D eigenvalue weighted by Gasteiger charge is 2.41. The highest BCUT2D eigenvalue weighted by Crippen LogP contribution is 2.50. The predicted molar refractivity (Wildman–Crippen MR) is 141 cm³/mol. The maximum Gasteiger partial charge on any atom is 0.0447 e. The first-order chi connectivity index (χ1) is 15.6. The summed E-state index contributed by atoms with van der Waals surface area (Å²) in [6, 6.07) is 8.34. The van der Waals surface area contributed by atoms with Gasteiger partial charge < -0.3 is 15.1 Å². The molecule has 1 aromatic rings. The van der Waals surface area contributed by atoms with Crippen LogP contribution in [0.2, 0.25) is 0 Å². The van der Waals surface area contributed by atoms with Crippen molar-refractivity contribution < 1.29 is 10.2 Å². The van der Waals surface area contributed by atoms with E-state index < -0.39 is 24.0 Å². The van der Waals surface area contributed by atoms with E-state index in [1.165, 1.54) is 15.4 Å². The van der Waals surface area contributed by atoms with Crippen molar-refractivity contribution in [2.75, 3.05) is 11.9 Å². The van der Waals surface area contributed by atoms with Gasteiger partial charge >= 0.3 is 0 Å². The average Bonchev–Trinajstić information content (AvgIpc) is 2.94. The van der Waals surface area contributed by atoms with E-state index in [2.05, 4.69) is 90.6 Å². The summed E-state index contributed by atoms with van der Waals surface area (Å²) in [5, 5.41) is 26.6. The molecule has 2 atom stereocenters. The van der Waals surface area contributed by atoms with Crippen molar-refractivity contribution in [1.82, 2.24) is 0 Å². The zero-order chi connectivity index (χ0) is 25.2. The molecule has 3 nitrogen and oxygen atoms in total. The molecule has 1 fully saturated rings. The van der Waals surface area contributed by atoms with Gasteiger partial charge in [0.15, 0.2) is 0 Å². The van der Waals surface area contributed by atoms with Gasteiger partial charge in [-0.05, 0) is 61.8 Å². The van der Waals surface area contributed by atoms with Gasteiger partial charge in [0.05, 0.1) is 0 Å². The average molecular weight is 478 g/mol. The topological polar surface area (TPSA) is 49.4 Å². The van der Waals surface area contributed by atoms with Crippen LogP contribution in [0.3, 0.4) is 0 Å². The Hall–Kier alpha value is -1.75. The maximum absolute atomic E-state index is 13.3. The second kappa shape index (κ2) is 8.43. The van der Waals surface area contributed by atoms with Crippen molar-refractivity contribution >= 4 is 17.4 Å². The molecule has 184 valence electrons. The summed E-state index contributed by atoms with van der Waals surface area (Å²) < 4.78 is 0. The van der Waals surface area contributed by atoms with Crippen LogP contribution < -0.4 is 15.1 Å². The molecular weight excluding hydrogens is 438 g/mol. The van der Waals surface area contributed by atoms with E-state index >= 15 is 0 Å². The van der Waals surface area contributed by atoms with Gasteiger partial charge in [0.25, 0.3) is 0 Å². The summed E-state index contributed by atoms with van der Waals surface area (Å²) in [6.07, 6.45) is 6.46. The minimum Gasteiger partial charge on any atom is -0.851 e. The molecule has 3 aliphatic rings. The van der Waals surface area contributed by atoms with Gasteiger partial charge in [0.1, 0.15) is 0 Å². The molecular formula is C30H39NO2S-2. The monoisotopic (exact) mass is 477 g/mol. The number of fused-ring (bicyclic) bond motifs is 1. The zero-order valence-electron chi connectivity index (χ0n) is 22.1. The molecule has 0 bridgehead atoms. The standard InChI is InChI=1S/C30H39NO2S/c1-28(2,3)24-15-18(16-25(34-24)29(4,5)6)14-19-26(32)20(27(19)33)17-23-30(7,8)21-12-10-11-13-22(21)31(23)9/h10-17,19-20,26-27H,1-9H3/q-2. The molecule has 2 heterocycles. The van der Waals surface area contributed by atoms with Crippen molar-refractivity contribution in [3.63, 3.8) is 0 Å². The van der Waals surface area contributed by atoms with E-state index in [-0.39, 0.29) is 16.2 Å². The molecule has 0 radical (unpaired) electrons. The fourth-order valence-electron chi connectivity index (χ4n) is 5.18. The van der Waals surface area contributed by atoms with Gasteiger partial charge in [-0.25, -0.2) is 0 Å². The lowest BCUT2D eigenvalue weighted by Crippen LogP contribution is -2.66. The fourth-order valence-corrected chi connectivity index (χ4v) is 6.42. The third kappa shape index (κ3) is 4.34. The smallest absolute Gasteiger partial charge is 0.0447 e. The number of thioether (sulfide) groups is 1. The number of rotatable bonds is 2. The Morgan fingerprint density at radius 1 is 0.853 bits per heavy atom. The van der Waals surface area contributed by atoms with Crippen LogP contribution in [0, 0.1) is 22.7 Å². The highest BCUT2D eigenvalue weighted by molar-refractivity contribution is 8.06. The quantitative estimate of drug-likeness (QED) is 0.562. The number of hydrogen-bond acceptors (Lipinski definition) is 4. The molecule has 2 unspecified atom stereocenters. The fraction of sp³-hybridized carbons (Fsp3) is 0.533. The van der Waals surface area contributed by atoms with E-state index in [1.807, 2.05) is 37.0 Å². The largest absolute Gasteiger partial charge is 0.851 e. The molecule has 0 saturated heterocycles. The first kappa shape index (κ1) is 25.3. The van der Waals surface area contributed by atoms with Gasteiger partial charge in [-0.1, -0.05) is 97.5 Å². The summed E-state index contributed by atoms with van der Waals surface area (Å²) >= 11 is 1.83. The minimum atomic E-state index is -0.914. The van der Waals surface area contributed by atoms with Crippen LogP contribution in [0.4, 0.5) is 5.69 Å². The number of anilines is 1. The number of hydrogen-bond donors (Lipinski definition) is 0. The van der Waals surface area contributed by atoms with E-state index in [0.29, 0.717) is 0 Å². The Morgan fingerprint density at radius 3 is 1.85 bits per heavy atom. The van der Waals surface area contributed by atoms with Gasteiger partial charge in [0, 0.05) is 23.8 Å². The molecule has 0 amide bonds. The first-order valence-corrected chi connectivity index (χ1v) is 13.1. The van der Waals surface area contributed by atoms with Crippen molar-refractivity contribution in [2.24, 2.45) is 22.7 Å². The number of allylic oxidation sites excluding steroid dienone is 6. The van der Waals surface area contributed by atoms with Crippen LogP contribution in [0.1, 0.15) is 61.0 Å². The zero-order valence-corrected chi connectivity index (χ0v) is 22.9. The number of benzene rings is 1. The molecule has 0 aromatic heterocycles. The normalized spacial score (nSPS) is 30.0. The lowest BCUT2D eigenvalue weighted by Gasteiger charge is -2.60. The van der Waals surface area contributed by atoms with Crippen molar-refractivity contribution in [3.05, 3.63) is 75.2 Å². The SMILES string of the molecule is CN1C(=CC2C([O-])C(C=C3C=C(C(C)(C)C)SC(C(C)(C)C)=C3)C2[O-])C(C)(C)c2ccccc21. The first-order valence-electron chi connectivity index (χ1n) is 12.3. The molecule has 0 N–H and O–H groups in total. The lowest BCUT2D eigenvalue weighted by atomic mass is 9.67. The molecule has 4 heteroatoms. The predicted octanol–water partition coefficient (Wildman–Crippen LogP) is 5.53. The summed E-state index contributed by atoms with van der Waals surface area (Å²) in [5.74, 6) is -0.991. The van der Waals surface area contributed by atoms with Crippen molar-refractivity contribution in [3.8, 4) is 0 Å². The van der Waals surface area contributed by atoms with Crippen LogP contribution in [-0.4, -0.2) is 19.3 Å². The summed E-state index contributed by atoms with van der Waals surface area (Å²) in [5.41, 5.74) is 4.28. The van der Waals surface area contributed by atoms with Gasteiger partial charge in [-0.3, -0.25) is 0 Å². The summed E-state index contributed by atoms with van der Waals surface area (Å²) in [6.45, 7) is 17.6. The van der Waals surface area contributed by atoms with Gasteiger partial charge in [0.2, 0.25) is 0 Å². The molecule has 0 spiro atoms. The highest BCUT2D eigenvalue weighted by atomic mass is 32.2. The van der Waals surface area contributed by atoms with Crippen molar-refractivity contribution in [2.45, 2.75) is 73.0 Å². The van der Waals surface area contributed by atoms with Crippen LogP contribution in [0.5, 0.6) is 0 Å². The maximum atomic E-state index is 13.3. The minimum absolute atomic E-state index is 0.0163. The Kier molecular flexibility index (Phi) is 6.28. The van der Waals surface area contributed by atoms with Crippen LogP contribution in [0.15, 0.2) is 69.6 Å². The second-order valence-corrected chi connectivity index (χ2v) is 13.7. The Balaban J connectivity index is 1.62. The molecule has 4 rings (SSSR count). The summed E-state index contributed by atoms with van der Waals surface area (Å²) in [4.78, 5) is 4.71. The molecule has 1 saturated carbocycles. The lowest BCUT2D eigenvalue weighted by molar-refractivity contribution is -0.550. The number of nitrogens with zero attached hydrogens (tertiary/aromatic N) is 1. The third-order valence-corrected chi connectivity index (χ3v) is 9.39. The van der Waals surface area contributed by atoms with E-state index in [4.69, 9.17) is 0 Å². The van der Waals surface area contributed by atoms with Crippen LogP contribution >= 0.6 is 11.8 Å². The molecule has 2 aliphatic heterocycles. The molecule has 1 aromatic carbocycles. The molecule has 34 heavy (non-hydrogen) atoms. The third-order valence-electron chi connectivity index (χ3n) is 7.49. The molecule has 1 aliphatic carbocycles. The van der Waals surface area contributed by atoms with E-state index in [9.17, 15) is 10.2 Å². The van der Waals surface area contributed by atoms with E-state index in [1.54, 1.807) is 0 Å². The number of likely N-dealkylation sites (N-methyl/N-ethyl adjacent to an activating group) is 1. The van der Waals surface area contributed by atoms with E-state index in [0.717, 1.165) is 17.0 Å². The van der Waals surface area contributed by atoms with Gasteiger partial charge in [-0.2, -0.15) is 0 Å². The van der Waals surface area contributed by atoms with Crippen LogP contribution in [-0.2, 0) is 5.41 Å². The second-order valence-electron chi connectivity index (χ2n) is 12.6.